The molecule has 0 aliphatic rings. The molecule has 9 heteroatoms. The van der Waals surface area contributed by atoms with Gasteiger partial charge in [0.2, 0.25) is 0 Å². The van der Waals surface area contributed by atoms with Crippen LogP contribution in [-0.4, -0.2) is 38.4 Å². The van der Waals surface area contributed by atoms with Crippen molar-refractivity contribution in [2.45, 2.75) is 59.1 Å². The van der Waals surface area contributed by atoms with Crippen molar-refractivity contribution < 1.29 is 18.7 Å². The predicted molar refractivity (Wildman–Crippen MR) is 126 cm³/mol. The molecule has 2 aromatic heterocycles. The maximum absolute atomic E-state index is 15.1. The summed E-state index contributed by atoms with van der Waals surface area (Å²) in [5.74, 6) is 0.424. The van der Waals surface area contributed by atoms with Gasteiger partial charge in [-0.2, -0.15) is 5.10 Å². The van der Waals surface area contributed by atoms with Crippen molar-refractivity contribution in [2.75, 3.05) is 12.3 Å². The van der Waals surface area contributed by atoms with Gasteiger partial charge in [0.05, 0.1) is 17.4 Å². The predicted octanol–water partition coefficient (Wildman–Crippen LogP) is 4.83. The Kier molecular flexibility index (Phi) is 6.81. The Bertz CT molecular complexity index is 1140. The van der Waals surface area contributed by atoms with Gasteiger partial charge >= 0.3 is 6.09 Å². The van der Waals surface area contributed by atoms with Crippen LogP contribution in [0.15, 0.2) is 36.5 Å². The molecule has 3 N–H and O–H groups in total. The van der Waals surface area contributed by atoms with Crippen LogP contribution in [0.2, 0.25) is 0 Å². The Morgan fingerprint density at radius 3 is 2.58 bits per heavy atom. The Morgan fingerprint density at radius 1 is 1.21 bits per heavy atom. The van der Waals surface area contributed by atoms with E-state index in [1.165, 1.54) is 10.6 Å². The number of nitrogens with two attached hydrogens (primary N) is 1. The molecule has 33 heavy (non-hydrogen) atoms. The van der Waals surface area contributed by atoms with E-state index in [1.54, 1.807) is 51.2 Å². The summed E-state index contributed by atoms with van der Waals surface area (Å²) < 4.78 is 27.9. The van der Waals surface area contributed by atoms with Crippen molar-refractivity contribution >= 4 is 17.6 Å². The molecule has 0 radical (unpaired) electrons. The number of benzene rings is 1. The van der Waals surface area contributed by atoms with E-state index in [-0.39, 0.29) is 12.4 Å². The van der Waals surface area contributed by atoms with E-state index in [4.69, 9.17) is 15.2 Å². The second kappa shape index (κ2) is 9.25. The molecule has 0 saturated carbocycles. The minimum Gasteiger partial charge on any atom is -0.491 e. The SMILES string of the molecule is CC(C)CC(C)(COc1ccc(-c2cc(N)nc3ccnn23)c(F)c1)NC(=O)OC(C)(C)C. The lowest BCUT2D eigenvalue weighted by molar-refractivity contribution is 0.0408. The van der Waals surface area contributed by atoms with Crippen molar-refractivity contribution in [3.63, 3.8) is 0 Å². The van der Waals surface area contributed by atoms with Gasteiger partial charge in [-0.15, -0.1) is 0 Å². The first-order chi connectivity index (χ1) is 15.3. The number of carbonyl (C=O) groups excluding carboxylic acids is 1. The van der Waals surface area contributed by atoms with Crippen LogP contribution in [0.4, 0.5) is 15.0 Å². The zero-order valence-corrected chi connectivity index (χ0v) is 20.0. The quantitative estimate of drug-likeness (QED) is 0.527. The summed E-state index contributed by atoms with van der Waals surface area (Å²) >= 11 is 0. The standard InChI is InChI=1S/C24H32FN5O3/c1-15(2)13-24(6,29-22(31)33-23(3,4)5)14-32-16-7-8-17(18(25)11-16)19-12-20(26)28-21-9-10-27-30(19)21/h7-12,15H,13-14H2,1-6H3,(H2,26,28)(H,29,31). The van der Waals surface area contributed by atoms with Gasteiger partial charge in [-0.1, -0.05) is 13.8 Å². The molecule has 0 spiro atoms. The number of nitrogens with one attached hydrogen (secondary N) is 1. The number of nitrogens with zero attached hydrogens (tertiary/aromatic N) is 3. The number of fused-ring (bicyclic) bond motifs is 1. The molecular weight excluding hydrogens is 425 g/mol. The number of amides is 1. The lowest BCUT2D eigenvalue weighted by atomic mass is 9.91. The second-order valence-electron chi connectivity index (χ2n) is 9.88. The normalized spacial score (nSPS) is 13.7. The van der Waals surface area contributed by atoms with Crippen LogP contribution in [0.5, 0.6) is 5.75 Å². The average Bonchev–Trinajstić information content (AvgIpc) is 3.12. The largest absolute Gasteiger partial charge is 0.491 e. The minimum atomic E-state index is -0.702. The molecule has 0 aliphatic heterocycles. The molecule has 3 rings (SSSR count). The number of aromatic nitrogens is 3. The number of ether oxygens (including phenoxy) is 2. The molecule has 178 valence electrons. The van der Waals surface area contributed by atoms with Gasteiger partial charge in [-0.05, 0) is 52.2 Å². The van der Waals surface area contributed by atoms with Crippen molar-refractivity contribution in [3.05, 3.63) is 42.3 Å². The van der Waals surface area contributed by atoms with E-state index in [0.717, 1.165) is 0 Å². The molecule has 1 unspecified atom stereocenters. The van der Waals surface area contributed by atoms with E-state index < -0.39 is 23.1 Å². The summed E-state index contributed by atoms with van der Waals surface area (Å²) in [4.78, 5) is 16.5. The number of anilines is 1. The zero-order valence-electron chi connectivity index (χ0n) is 20.0. The highest BCUT2D eigenvalue weighted by Crippen LogP contribution is 2.28. The van der Waals surface area contributed by atoms with Crippen LogP contribution in [0, 0.1) is 11.7 Å². The molecule has 2 heterocycles. The molecule has 3 aromatic rings. The molecule has 1 atom stereocenters. The number of hydrogen-bond donors (Lipinski definition) is 2. The van der Waals surface area contributed by atoms with E-state index in [9.17, 15) is 4.79 Å². The van der Waals surface area contributed by atoms with Gasteiger partial charge < -0.3 is 20.5 Å². The van der Waals surface area contributed by atoms with Crippen molar-refractivity contribution in [3.8, 4) is 17.0 Å². The van der Waals surface area contributed by atoms with Gasteiger partial charge in [-0.3, -0.25) is 0 Å². The lowest BCUT2D eigenvalue weighted by Gasteiger charge is -2.33. The topological polar surface area (TPSA) is 104 Å². The molecule has 0 fully saturated rings. The fraction of sp³-hybridized carbons (Fsp3) is 0.458. The fourth-order valence-corrected chi connectivity index (χ4v) is 3.76. The Hall–Kier alpha value is -3.36. The molecule has 0 bridgehead atoms. The highest BCUT2D eigenvalue weighted by Gasteiger charge is 2.31. The van der Waals surface area contributed by atoms with Crippen LogP contribution in [0.1, 0.15) is 48.0 Å². The van der Waals surface area contributed by atoms with Gasteiger partial charge in [-0.25, -0.2) is 18.7 Å². The highest BCUT2D eigenvalue weighted by atomic mass is 19.1. The molecule has 1 aromatic carbocycles. The Balaban J connectivity index is 1.79. The lowest BCUT2D eigenvalue weighted by Crippen LogP contribution is -2.52. The number of nitrogen functional groups attached to an aromatic ring is 1. The Labute approximate surface area is 193 Å². The van der Waals surface area contributed by atoms with E-state index in [0.29, 0.717) is 35.0 Å². The minimum absolute atomic E-state index is 0.148. The average molecular weight is 458 g/mol. The number of carbonyl (C=O) groups is 1. The Morgan fingerprint density at radius 2 is 1.94 bits per heavy atom. The number of halogens is 1. The molecular formula is C24H32FN5O3. The van der Waals surface area contributed by atoms with Gasteiger partial charge in [0.25, 0.3) is 0 Å². The van der Waals surface area contributed by atoms with Crippen molar-refractivity contribution in [1.82, 2.24) is 19.9 Å². The van der Waals surface area contributed by atoms with Crippen molar-refractivity contribution in [1.29, 1.82) is 0 Å². The van der Waals surface area contributed by atoms with E-state index in [2.05, 4.69) is 29.2 Å². The maximum atomic E-state index is 15.1. The fourth-order valence-electron chi connectivity index (χ4n) is 3.76. The molecule has 0 aliphatic carbocycles. The van der Waals surface area contributed by atoms with Crippen molar-refractivity contribution in [2.24, 2.45) is 5.92 Å². The van der Waals surface area contributed by atoms with Crippen LogP contribution in [-0.2, 0) is 4.74 Å². The smallest absolute Gasteiger partial charge is 0.408 e. The molecule has 8 nitrogen and oxygen atoms in total. The summed E-state index contributed by atoms with van der Waals surface area (Å²) in [5.41, 5.74) is 5.90. The number of hydrogen-bond acceptors (Lipinski definition) is 6. The third kappa shape index (κ3) is 6.34. The van der Waals surface area contributed by atoms with Crippen LogP contribution >= 0.6 is 0 Å². The summed E-state index contributed by atoms with van der Waals surface area (Å²) in [7, 11) is 0. The summed E-state index contributed by atoms with van der Waals surface area (Å²) in [6, 6.07) is 7.87. The number of alkyl carbamates (subject to hydrolysis) is 1. The first kappa shape index (κ1) is 24.3. The van der Waals surface area contributed by atoms with Gasteiger partial charge in [0.1, 0.15) is 29.6 Å². The monoisotopic (exact) mass is 457 g/mol. The van der Waals surface area contributed by atoms with Gasteiger partial charge in [0, 0.05) is 23.8 Å². The number of rotatable bonds is 7. The third-order valence-electron chi connectivity index (χ3n) is 4.81. The van der Waals surface area contributed by atoms with Crippen LogP contribution < -0.4 is 15.8 Å². The summed E-state index contributed by atoms with van der Waals surface area (Å²) in [5, 5.41) is 7.11. The van der Waals surface area contributed by atoms with Crippen LogP contribution in [0.3, 0.4) is 0 Å². The highest BCUT2D eigenvalue weighted by molar-refractivity contribution is 5.69. The summed E-state index contributed by atoms with van der Waals surface area (Å²) in [6.07, 6.45) is 1.71. The third-order valence-corrected chi connectivity index (χ3v) is 4.81. The summed E-state index contributed by atoms with van der Waals surface area (Å²) in [6.45, 7) is 11.6. The first-order valence-electron chi connectivity index (χ1n) is 10.9. The van der Waals surface area contributed by atoms with E-state index in [1.807, 2.05) is 6.92 Å². The van der Waals surface area contributed by atoms with Gasteiger partial charge in [0.15, 0.2) is 5.65 Å². The molecule has 0 saturated heterocycles. The maximum Gasteiger partial charge on any atom is 0.408 e. The second-order valence-corrected chi connectivity index (χ2v) is 9.88. The van der Waals surface area contributed by atoms with E-state index >= 15 is 4.39 Å². The first-order valence-corrected chi connectivity index (χ1v) is 10.9. The zero-order chi connectivity index (χ0) is 24.4. The van der Waals surface area contributed by atoms with Crippen LogP contribution in [0.25, 0.3) is 16.9 Å². The molecule has 1 amide bonds.